The molecule has 0 spiro atoms. The molecule has 1 heterocycles. The molecule has 5 rings (SSSR count). The molecular weight excluding hydrogens is 546 g/mol. The first-order chi connectivity index (χ1) is 20.9. The summed E-state index contributed by atoms with van der Waals surface area (Å²) in [4.78, 5) is 40.4. The Morgan fingerprint density at radius 2 is 1.42 bits per heavy atom. The fourth-order valence-corrected chi connectivity index (χ4v) is 5.02. The zero-order valence-corrected chi connectivity index (χ0v) is 23.6. The van der Waals surface area contributed by atoms with E-state index in [4.69, 9.17) is 9.47 Å². The number of nitrogens with one attached hydrogen (secondary N) is 2. The van der Waals surface area contributed by atoms with Crippen LogP contribution in [0.5, 0.6) is 17.4 Å². The van der Waals surface area contributed by atoms with E-state index in [0.717, 1.165) is 37.0 Å². The van der Waals surface area contributed by atoms with Gasteiger partial charge in [0.05, 0.1) is 30.2 Å². The summed E-state index contributed by atoms with van der Waals surface area (Å²) in [5, 5.41) is 15.1. The van der Waals surface area contributed by atoms with E-state index in [2.05, 4.69) is 15.6 Å². The van der Waals surface area contributed by atoms with Gasteiger partial charge in [-0.3, -0.25) is 9.59 Å². The molecule has 0 saturated heterocycles. The van der Waals surface area contributed by atoms with E-state index in [1.807, 2.05) is 54.6 Å². The molecule has 3 N–H and O–H groups in total. The van der Waals surface area contributed by atoms with Crippen LogP contribution in [0.1, 0.15) is 47.2 Å². The predicted molar refractivity (Wildman–Crippen MR) is 161 cm³/mol. The Hall–Kier alpha value is -5.18. The second kappa shape index (κ2) is 14.1. The van der Waals surface area contributed by atoms with Crippen LogP contribution in [-0.4, -0.2) is 40.0 Å². The number of carbonyl (C=O) groups is 3. The SMILES string of the molecule is O=C(Cc1ccc(Oc2ccc(OC3CCC(NC(=O)Cc4ccccc4)CC3)cc2)nc1)Nc1ccccc1C(=O)O. The van der Waals surface area contributed by atoms with Gasteiger partial charge in [0.1, 0.15) is 11.5 Å². The number of carboxylic acid groups (broad SMARTS) is 1. The molecule has 3 aromatic carbocycles. The number of carboxylic acids is 1. The number of carbonyl (C=O) groups excluding carboxylic acids is 2. The van der Waals surface area contributed by atoms with Crippen molar-refractivity contribution in [1.29, 1.82) is 0 Å². The second-order valence-electron chi connectivity index (χ2n) is 10.5. The summed E-state index contributed by atoms with van der Waals surface area (Å²) in [7, 11) is 0. The van der Waals surface area contributed by atoms with Crippen molar-refractivity contribution in [3.05, 3.63) is 114 Å². The Balaban J connectivity index is 1.04. The molecule has 0 radical (unpaired) electrons. The van der Waals surface area contributed by atoms with Crippen molar-refractivity contribution in [2.24, 2.45) is 0 Å². The van der Waals surface area contributed by atoms with Crippen molar-refractivity contribution in [1.82, 2.24) is 10.3 Å². The molecule has 4 aromatic rings. The van der Waals surface area contributed by atoms with Gasteiger partial charge in [-0.2, -0.15) is 0 Å². The lowest BCUT2D eigenvalue weighted by atomic mass is 9.92. The Bertz CT molecular complexity index is 1530. The lowest BCUT2D eigenvalue weighted by Crippen LogP contribution is -2.40. The molecule has 9 heteroatoms. The smallest absolute Gasteiger partial charge is 0.337 e. The van der Waals surface area contributed by atoms with E-state index in [1.165, 1.54) is 6.07 Å². The third kappa shape index (κ3) is 8.65. The summed E-state index contributed by atoms with van der Waals surface area (Å²) >= 11 is 0. The second-order valence-corrected chi connectivity index (χ2v) is 10.5. The van der Waals surface area contributed by atoms with Crippen molar-refractivity contribution in [3.63, 3.8) is 0 Å². The summed E-state index contributed by atoms with van der Waals surface area (Å²) in [5.74, 6) is 0.327. The minimum atomic E-state index is -1.11. The van der Waals surface area contributed by atoms with Crippen LogP contribution in [0.2, 0.25) is 0 Å². The van der Waals surface area contributed by atoms with E-state index in [1.54, 1.807) is 36.5 Å². The van der Waals surface area contributed by atoms with Gasteiger partial charge in [-0.25, -0.2) is 9.78 Å². The summed E-state index contributed by atoms with van der Waals surface area (Å²) in [5.41, 5.74) is 1.95. The molecule has 0 bridgehead atoms. The summed E-state index contributed by atoms with van der Waals surface area (Å²) < 4.78 is 12.0. The third-order valence-electron chi connectivity index (χ3n) is 7.19. The summed E-state index contributed by atoms with van der Waals surface area (Å²) in [6, 6.07) is 26.9. The maximum atomic E-state index is 12.4. The Morgan fingerprint density at radius 1 is 0.744 bits per heavy atom. The minimum absolute atomic E-state index is 0.0293. The molecule has 220 valence electrons. The number of ether oxygens (including phenoxy) is 2. The summed E-state index contributed by atoms with van der Waals surface area (Å²) in [6.45, 7) is 0. The Labute approximate surface area is 249 Å². The highest BCUT2D eigenvalue weighted by Gasteiger charge is 2.23. The number of aromatic carboxylic acids is 1. The van der Waals surface area contributed by atoms with Crippen molar-refractivity contribution in [2.45, 2.75) is 50.7 Å². The average Bonchev–Trinajstić information content (AvgIpc) is 3.01. The quantitative estimate of drug-likeness (QED) is 0.205. The maximum absolute atomic E-state index is 12.4. The lowest BCUT2D eigenvalue weighted by Gasteiger charge is -2.29. The van der Waals surface area contributed by atoms with Crippen LogP contribution in [0.3, 0.4) is 0 Å². The van der Waals surface area contributed by atoms with Crippen molar-refractivity contribution < 1.29 is 29.0 Å². The van der Waals surface area contributed by atoms with Crippen LogP contribution < -0.4 is 20.1 Å². The van der Waals surface area contributed by atoms with Gasteiger partial charge in [-0.15, -0.1) is 0 Å². The zero-order valence-electron chi connectivity index (χ0n) is 23.6. The van der Waals surface area contributed by atoms with Gasteiger partial charge in [0, 0.05) is 18.3 Å². The molecule has 1 aromatic heterocycles. The number of pyridine rings is 1. The fraction of sp³-hybridized carbons (Fsp3) is 0.235. The first-order valence-electron chi connectivity index (χ1n) is 14.3. The Morgan fingerprint density at radius 3 is 2.12 bits per heavy atom. The van der Waals surface area contributed by atoms with Gasteiger partial charge in [-0.05, 0) is 73.2 Å². The van der Waals surface area contributed by atoms with Crippen molar-refractivity contribution in [2.75, 3.05) is 5.32 Å². The van der Waals surface area contributed by atoms with Gasteiger partial charge >= 0.3 is 5.97 Å². The van der Waals surface area contributed by atoms with Crippen LogP contribution in [-0.2, 0) is 22.4 Å². The largest absolute Gasteiger partial charge is 0.490 e. The lowest BCUT2D eigenvalue weighted by molar-refractivity contribution is -0.121. The number of benzene rings is 3. The van der Waals surface area contributed by atoms with Crippen LogP contribution in [0.4, 0.5) is 5.69 Å². The molecule has 0 atom stereocenters. The van der Waals surface area contributed by atoms with Crippen LogP contribution in [0, 0.1) is 0 Å². The molecule has 0 aliphatic heterocycles. The number of nitrogens with zero attached hydrogens (tertiary/aromatic N) is 1. The zero-order chi connectivity index (χ0) is 30.0. The van der Waals surface area contributed by atoms with Crippen molar-refractivity contribution >= 4 is 23.5 Å². The maximum Gasteiger partial charge on any atom is 0.337 e. The molecule has 1 aliphatic rings. The third-order valence-corrected chi connectivity index (χ3v) is 7.19. The standard InChI is InChI=1S/C34H33N3O6/c38-31(20-23-6-2-1-3-7-23)36-25-11-13-26(14-12-25)42-27-15-17-28(18-16-27)43-33-19-10-24(22-35-33)21-32(39)37-30-9-5-4-8-29(30)34(40)41/h1-10,15-19,22,25-26H,11-14,20-21H2,(H,36,38)(H,37,39)(H,40,41). The molecular formula is C34H33N3O6. The number of anilines is 1. The highest BCUT2D eigenvalue weighted by molar-refractivity contribution is 6.01. The molecule has 43 heavy (non-hydrogen) atoms. The van der Waals surface area contributed by atoms with E-state index in [-0.39, 0.29) is 41.6 Å². The van der Waals surface area contributed by atoms with Gasteiger partial charge in [0.15, 0.2) is 0 Å². The van der Waals surface area contributed by atoms with Crippen LogP contribution in [0.25, 0.3) is 0 Å². The van der Waals surface area contributed by atoms with Crippen LogP contribution >= 0.6 is 0 Å². The topological polar surface area (TPSA) is 127 Å². The molecule has 1 aliphatic carbocycles. The van der Waals surface area contributed by atoms with Crippen LogP contribution in [0.15, 0.2) is 97.2 Å². The first kappa shape index (κ1) is 29.3. The van der Waals surface area contributed by atoms with E-state index < -0.39 is 5.97 Å². The summed E-state index contributed by atoms with van der Waals surface area (Å²) in [6.07, 6.45) is 5.58. The normalized spacial score (nSPS) is 16.1. The number of hydrogen-bond acceptors (Lipinski definition) is 6. The van der Waals surface area contributed by atoms with Crippen molar-refractivity contribution in [3.8, 4) is 17.4 Å². The van der Waals surface area contributed by atoms with Gasteiger partial charge < -0.3 is 25.2 Å². The molecule has 1 fully saturated rings. The van der Waals surface area contributed by atoms with Gasteiger partial charge in [0.25, 0.3) is 0 Å². The highest BCUT2D eigenvalue weighted by Crippen LogP contribution is 2.27. The van der Waals surface area contributed by atoms with E-state index in [0.29, 0.717) is 23.6 Å². The first-order valence-corrected chi connectivity index (χ1v) is 14.3. The fourth-order valence-electron chi connectivity index (χ4n) is 5.02. The van der Waals surface area contributed by atoms with E-state index in [9.17, 15) is 19.5 Å². The molecule has 9 nitrogen and oxygen atoms in total. The molecule has 1 saturated carbocycles. The predicted octanol–water partition coefficient (Wildman–Crippen LogP) is 5.80. The number of aromatic nitrogens is 1. The number of para-hydroxylation sites is 1. The van der Waals surface area contributed by atoms with Gasteiger partial charge in [-0.1, -0.05) is 48.5 Å². The average molecular weight is 580 g/mol. The molecule has 2 amide bonds. The molecule has 0 unspecified atom stereocenters. The van der Waals surface area contributed by atoms with Gasteiger partial charge in [0.2, 0.25) is 17.7 Å². The number of rotatable bonds is 11. The monoisotopic (exact) mass is 579 g/mol. The Kier molecular flexibility index (Phi) is 9.63. The van der Waals surface area contributed by atoms with E-state index >= 15 is 0 Å². The highest BCUT2D eigenvalue weighted by atomic mass is 16.5. The minimum Gasteiger partial charge on any atom is -0.490 e. The number of hydrogen-bond donors (Lipinski definition) is 3. The number of amides is 2.